The molecule has 126 valence electrons. The van der Waals surface area contributed by atoms with Crippen LogP contribution in [0.25, 0.3) is 10.9 Å². The van der Waals surface area contributed by atoms with Gasteiger partial charge >= 0.3 is 0 Å². The molecule has 0 radical (unpaired) electrons. The molecule has 5 fully saturated rings. The third-order valence-corrected chi connectivity index (χ3v) is 6.57. The Labute approximate surface area is 142 Å². The van der Waals surface area contributed by atoms with E-state index in [9.17, 15) is 0 Å². The van der Waals surface area contributed by atoms with Crippen LogP contribution in [-0.2, 0) is 4.74 Å². The first-order valence-corrected chi connectivity index (χ1v) is 9.08. The summed E-state index contributed by atoms with van der Waals surface area (Å²) in [6, 6.07) is 8.78. The fourth-order valence-corrected chi connectivity index (χ4v) is 5.25. The molecule has 5 aliphatic rings. The summed E-state index contributed by atoms with van der Waals surface area (Å²) in [7, 11) is 1.72. The van der Waals surface area contributed by atoms with Crippen LogP contribution in [0.5, 0.6) is 5.75 Å². The molecule has 5 saturated heterocycles. The number of piperidine rings is 3. The molecule has 0 saturated carbocycles. The van der Waals surface area contributed by atoms with E-state index in [1.165, 1.54) is 24.9 Å². The first kappa shape index (κ1) is 14.7. The number of morpholine rings is 1. The molecule has 5 atom stereocenters. The number of pyridine rings is 1. The Morgan fingerprint density at radius 1 is 1.38 bits per heavy atom. The van der Waals surface area contributed by atoms with E-state index in [-0.39, 0.29) is 11.7 Å². The van der Waals surface area contributed by atoms with Gasteiger partial charge in [-0.2, -0.15) is 0 Å². The van der Waals surface area contributed by atoms with Crippen molar-refractivity contribution in [3.63, 3.8) is 0 Å². The topological polar surface area (TPSA) is 34.6 Å². The average molecular weight is 324 g/mol. The molecule has 0 amide bonds. The third-order valence-electron chi connectivity index (χ3n) is 6.57. The molecule has 0 spiro atoms. The standard InChI is InChI=1S/C20H24N2O2/c1-3-20-12-22-9-7-13(20)10-18(22)19(24-20)15-6-8-21-17-5-4-14(23-2)11-16(15)17/h4-6,8,11,13,18-19H,3,7,9-10,12H2,1-2H3/t13-,18+,19-,20+/m0/s1. The zero-order chi connectivity index (χ0) is 16.3. The number of benzene rings is 1. The first-order valence-electron chi connectivity index (χ1n) is 9.08. The lowest BCUT2D eigenvalue weighted by molar-refractivity contribution is -0.274. The van der Waals surface area contributed by atoms with E-state index in [1.54, 1.807) is 7.11 Å². The molecule has 7 rings (SSSR count). The van der Waals surface area contributed by atoms with Gasteiger partial charge in [-0.1, -0.05) is 6.92 Å². The molecule has 2 aromatic rings. The quantitative estimate of drug-likeness (QED) is 0.865. The Morgan fingerprint density at radius 2 is 2.29 bits per heavy atom. The van der Waals surface area contributed by atoms with Gasteiger partial charge in [-0.05, 0) is 61.6 Å². The normalized spacial score (nSPS) is 37.1. The van der Waals surface area contributed by atoms with Crippen molar-refractivity contribution in [2.75, 3.05) is 20.2 Å². The summed E-state index contributed by atoms with van der Waals surface area (Å²) in [6.45, 7) is 4.62. The van der Waals surface area contributed by atoms with Crippen molar-refractivity contribution in [1.29, 1.82) is 0 Å². The van der Waals surface area contributed by atoms with Crippen molar-refractivity contribution in [2.45, 2.75) is 43.9 Å². The van der Waals surface area contributed by atoms with Crippen LogP contribution < -0.4 is 4.74 Å². The number of rotatable bonds is 3. The molecule has 5 aliphatic heterocycles. The van der Waals surface area contributed by atoms with Crippen LogP contribution in [0, 0.1) is 5.92 Å². The van der Waals surface area contributed by atoms with Gasteiger partial charge in [0.15, 0.2) is 0 Å². The first-order chi connectivity index (χ1) is 11.7. The molecular formula is C20H24N2O2. The highest BCUT2D eigenvalue weighted by molar-refractivity contribution is 5.84. The van der Waals surface area contributed by atoms with E-state index >= 15 is 0 Å². The van der Waals surface area contributed by atoms with Crippen LogP contribution in [0.1, 0.15) is 37.9 Å². The van der Waals surface area contributed by atoms with Gasteiger partial charge in [0.2, 0.25) is 0 Å². The van der Waals surface area contributed by atoms with Gasteiger partial charge in [0.1, 0.15) is 5.75 Å². The Bertz CT molecular complexity index is 792. The molecule has 4 nitrogen and oxygen atoms in total. The molecule has 0 N–H and O–H groups in total. The Morgan fingerprint density at radius 3 is 3.04 bits per heavy atom. The number of methoxy groups -OCH3 is 1. The average Bonchev–Trinajstić information content (AvgIpc) is 2.66. The molecule has 1 aromatic carbocycles. The van der Waals surface area contributed by atoms with E-state index in [1.807, 2.05) is 18.3 Å². The minimum absolute atomic E-state index is 0.0477. The van der Waals surface area contributed by atoms with Gasteiger partial charge in [0.05, 0.1) is 24.3 Å². The molecule has 4 heteroatoms. The van der Waals surface area contributed by atoms with Crippen LogP contribution in [0.4, 0.5) is 0 Å². The number of hydrogen-bond acceptors (Lipinski definition) is 4. The minimum Gasteiger partial charge on any atom is -0.497 e. The minimum atomic E-state index is 0.0477. The fourth-order valence-electron chi connectivity index (χ4n) is 5.25. The smallest absolute Gasteiger partial charge is 0.119 e. The molecule has 1 unspecified atom stereocenters. The lowest BCUT2D eigenvalue weighted by atomic mass is 9.66. The van der Waals surface area contributed by atoms with Crippen LogP contribution >= 0.6 is 0 Å². The van der Waals surface area contributed by atoms with Crippen molar-refractivity contribution < 1.29 is 9.47 Å². The van der Waals surface area contributed by atoms with E-state index in [4.69, 9.17) is 9.47 Å². The Balaban J connectivity index is 1.63. The SMILES string of the molecule is CC[C@@]12CN3CC[C@H]1C[C@@H]3[C@H](c1ccnc3ccc(OC)cc13)O2. The molecule has 4 bridgehead atoms. The number of fused-ring (bicyclic) bond motifs is 3. The van der Waals surface area contributed by atoms with Crippen LogP contribution in [-0.4, -0.2) is 41.7 Å². The van der Waals surface area contributed by atoms with Crippen molar-refractivity contribution in [2.24, 2.45) is 5.92 Å². The largest absolute Gasteiger partial charge is 0.497 e. The van der Waals surface area contributed by atoms with Crippen molar-refractivity contribution >= 4 is 10.9 Å². The molecule has 6 heterocycles. The number of aromatic nitrogens is 1. The molecule has 24 heavy (non-hydrogen) atoms. The van der Waals surface area contributed by atoms with E-state index in [0.717, 1.165) is 35.5 Å². The second-order valence-corrected chi connectivity index (χ2v) is 7.50. The predicted octanol–water partition coefficient (Wildman–Crippen LogP) is 3.56. The monoisotopic (exact) mass is 324 g/mol. The zero-order valence-electron chi connectivity index (χ0n) is 14.4. The molecule has 0 aliphatic carbocycles. The summed E-state index contributed by atoms with van der Waals surface area (Å²) in [5, 5.41) is 1.16. The van der Waals surface area contributed by atoms with Crippen molar-refractivity contribution in [3.8, 4) is 5.75 Å². The van der Waals surface area contributed by atoms with E-state index in [0.29, 0.717) is 6.04 Å². The fraction of sp³-hybridized carbons (Fsp3) is 0.550. The molecule has 1 aromatic heterocycles. The Kier molecular flexibility index (Phi) is 3.16. The third kappa shape index (κ3) is 1.90. The highest BCUT2D eigenvalue weighted by Crippen LogP contribution is 2.54. The summed E-state index contributed by atoms with van der Waals surface area (Å²) in [5.41, 5.74) is 2.34. The van der Waals surface area contributed by atoms with Gasteiger partial charge in [-0.3, -0.25) is 9.88 Å². The number of hydrogen-bond donors (Lipinski definition) is 0. The summed E-state index contributed by atoms with van der Waals surface area (Å²) in [4.78, 5) is 7.21. The number of ether oxygens (including phenoxy) is 2. The van der Waals surface area contributed by atoms with Crippen LogP contribution in [0.2, 0.25) is 0 Å². The summed E-state index contributed by atoms with van der Waals surface area (Å²) < 4.78 is 12.3. The highest BCUT2D eigenvalue weighted by Gasteiger charge is 2.58. The lowest BCUT2D eigenvalue weighted by Gasteiger charge is -2.64. The van der Waals surface area contributed by atoms with E-state index in [2.05, 4.69) is 28.9 Å². The van der Waals surface area contributed by atoms with E-state index < -0.39 is 0 Å². The van der Waals surface area contributed by atoms with Crippen LogP contribution in [0.15, 0.2) is 30.5 Å². The maximum atomic E-state index is 6.81. The Hall–Kier alpha value is -1.65. The van der Waals surface area contributed by atoms with Gasteiger partial charge in [-0.15, -0.1) is 0 Å². The van der Waals surface area contributed by atoms with Crippen LogP contribution in [0.3, 0.4) is 0 Å². The van der Waals surface area contributed by atoms with Gasteiger partial charge < -0.3 is 9.47 Å². The van der Waals surface area contributed by atoms with Gasteiger partial charge in [0.25, 0.3) is 0 Å². The number of nitrogens with zero attached hydrogens (tertiary/aromatic N) is 2. The predicted molar refractivity (Wildman–Crippen MR) is 93.2 cm³/mol. The van der Waals surface area contributed by atoms with Gasteiger partial charge in [-0.25, -0.2) is 0 Å². The summed E-state index contributed by atoms with van der Waals surface area (Å²) >= 11 is 0. The van der Waals surface area contributed by atoms with Crippen molar-refractivity contribution in [1.82, 2.24) is 9.88 Å². The second-order valence-electron chi connectivity index (χ2n) is 7.50. The summed E-state index contributed by atoms with van der Waals surface area (Å²) in [5.74, 6) is 1.61. The maximum absolute atomic E-state index is 6.81. The van der Waals surface area contributed by atoms with Crippen molar-refractivity contribution in [3.05, 3.63) is 36.0 Å². The second kappa shape index (κ2) is 5.17. The maximum Gasteiger partial charge on any atom is 0.119 e. The highest BCUT2D eigenvalue weighted by atomic mass is 16.5. The zero-order valence-corrected chi connectivity index (χ0v) is 14.4. The molecular weight excluding hydrogens is 300 g/mol. The lowest BCUT2D eigenvalue weighted by Crippen LogP contribution is -2.70. The van der Waals surface area contributed by atoms with Gasteiger partial charge in [0, 0.05) is 24.2 Å². The summed E-state index contributed by atoms with van der Waals surface area (Å²) in [6.07, 6.45) is 5.73.